The van der Waals surface area contributed by atoms with E-state index in [1.165, 1.54) is 5.56 Å². The second-order valence-corrected chi connectivity index (χ2v) is 6.03. The standard InChI is InChI=1S/C15H17N3O3S/c1-2-3-10-4-6-11(7-5-10)9-16-18-15-17-14(21)12(22-15)8-13(19)20/h4-7,9,12H,2-3,8H2,1H3,(H,19,20)(H,17,18,21). The summed E-state index contributed by atoms with van der Waals surface area (Å²) >= 11 is 1.09. The van der Waals surface area contributed by atoms with E-state index in [0.29, 0.717) is 5.17 Å². The van der Waals surface area contributed by atoms with Gasteiger partial charge in [0.25, 0.3) is 0 Å². The number of carboxylic acid groups (broad SMARTS) is 1. The number of nitrogens with zero attached hydrogens (tertiary/aromatic N) is 2. The highest BCUT2D eigenvalue weighted by atomic mass is 32.2. The van der Waals surface area contributed by atoms with E-state index in [1.807, 2.05) is 24.3 Å². The molecule has 0 bridgehead atoms. The number of rotatable bonds is 6. The molecule has 1 aliphatic heterocycles. The first-order valence-electron chi connectivity index (χ1n) is 6.97. The third-order valence-corrected chi connectivity index (χ3v) is 4.08. The third-order valence-electron chi connectivity index (χ3n) is 3.01. The summed E-state index contributed by atoms with van der Waals surface area (Å²) in [4.78, 5) is 22.1. The van der Waals surface area contributed by atoms with Gasteiger partial charge in [0.15, 0.2) is 5.17 Å². The zero-order valence-electron chi connectivity index (χ0n) is 12.2. The summed E-state index contributed by atoms with van der Waals surface area (Å²) in [5, 5.41) is 18.7. The van der Waals surface area contributed by atoms with Crippen LogP contribution >= 0.6 is 11.8 Å². The zero-order chi connectivity index (χ0) is 15.9. The fraction of sp³-hybridized carbons (Fsp3) is 0.333. The maximum Gasteiger partial charge on any atom is 0.305 e. The molecular weight excluding hydrogens is 302 g/mol. The van der Waals surface area contributed by atoms with Crippen LogP contribution in [0.3, 0.4) is 0 Å². The zero-order valence-corrected chi connectivity index (χ0v) is 13.0. The summed E-state index contributed by atoms with van der Waals surface area (Å²) in [5.74, 6) is -1.35. The molecule has 1 amide bonds. The number of thioether (sulfide) groups is 1. The van der Waals surface area contributed by atoms with E-state index in [0.717, 1.165) is 30.2 Å². The molecular formula is C15H17N3O3S. The van der Waals surface area contributed by atoms with Crippen molar-refractivity contribution in [2.75, 3.05) is 0 Å². The molecule has 22 heavy (non-hydrogen) atoms. The van der Waals surface area contributed by atoms with Gasteiger partial charge < -0.3 is 10.4 Å². The van der Waals surface area contributed by atoms with E-state index < -0.39 is 11.2 Å². The second kappa shape index (κ2) is 7.74. The highest BCUT2D eigenvalue weighted by Gasteiger charge is 2.32. The van der Waals surface area contributed by atoms with E-state index >= 15 is 0 Å². The summed E-state index contributed by atoms with van der Waals surface area (Å²) < 4.78 is 0. The molecule has 7 heteroatoms. The van der Waals surface area contributed by atoms with Crippen molar-refractivity contribution in [2.24, 2.45) is 10.2 Å². The maximum atomic E-state index is 11.5. The minimum absolute atomic E-state index is 0.224. The van der Waals surface area contributed by atoms with Crippen LogP contribution < -0.4 is 5.32 Å². The van der Waals surface area contributed by atoms with E-state index in [-0.39, 0.29) is 12.3 Å². The Bertz CT molecular complexity index is 611. The van der Waals surface area contributed by atoms with Crippen LogP contribution in [-0.2, 0) is 16.0 Å². The van der Waals surface area contributed by atoms with Crippen LogP contribution in [0.5, 0.6) is 0 Å². The van der Waals surface area contributed by atoms with Crippen molar-refractivity contribution in [1.82, 2.24) is 5.32 Å². The number of amidine groups is 1. The van der Waals surface area contributed by atoms with Crippen molar-refractivity contribution in [3.8, 4) is 0 Å². The van der Waals surface area contributed by atoms with Crippen LogP contribution in [0, 0.1) is 0 Å². The van der Waals surface area contributed by atoms with Crippen molar-refractivity contribution in [2.45, 2.75) is 31.4 Å². The Morgan fingerprint density at radius 1 is 1.41 bits per heavy atom. The van der Waals surface area contributed by atoms with Crippen LogP contribution in [0.2, 0.25) is 0 Å². The first-order chi connectivity index (χ1) is 10.6. The van der Waals surface area contributed by atoms with Gasteiger partial charge in [-0.1, -0.05) is 49.4 Å². The Hall–Kier alpha value is -2.15. The molecule has 0 aliphatic carbocycles. The van der Waals surface area contributed by atoms with Crippen LogP contribution in [0.1, 0.15) is 30.9 Å². The fourth-order valence-corrected chi connectivity index (χ4v) is 2.87. The minimum atomic E-state index is -1.01. The first kappa shape index (κ1) is 16.2. The predicted molar refractivity (Wildman–Crippen MR) is 87.2 cm³/mol. The van der Waals surface area contributed by atoms with Crippen LogP contribution in [0.15, 0.2) is 34.5 Å². The van der Waals surface area contributed by atoms with E-state index in [9.17, 15) is 9.59 Å². The Morgan fingerprint density at radius 3 is 2.77 bits per heavy atom. The monoisotopic (exact) mass is 319 g/mol. The van der Waals surface area contributed by atoms with Crippen molar-refractivity contribution in [3.05, 3.63) is 35.4 Å². The Morgan fingerprint density at radius 2 is 2.14 bits per heavy atom. The molecule has 1 atom stereocenters. The highest BCUT2D eigenvalue weighted by molar-refractivity contribution is 8.15. The number of benzene rings is 1. The lowest BCUT2D eigenvalue weighted by Crippen LogP contribution is -2.26. The number of carbonyl (C=O) groups excluding carboxylic acids is 1. The number of hydrogen-bond donors (Lipinski definition) is 2. The van der Waals surface area contributed by atoms with Gasteiger partial charge >= 0.3 is 5.97 Å². The van der Waals surface area contributed by atoms with Gasteiger partial charge in [-0.3, -0.25) is 9.59 Å². The molecule has 0 saturated carbocycles. The molecule has 2 N–H and O–H groups in total. The van der Waals surface area contributed by atoms with Crippen molar-refractivity contribution in [3.63, 3.8) is 0 Å². The number of carbonyl (C=O) groups is 2. The fourth-order valence-electron chi connectivity index (χ4n) is 1.95. The smallest absolute Gasteiger partial charge is 0.305 e. The molecule has 6 nitrogen and oxygen atoms in total. The van der Waals surface area contributed by atoms with Gasteiger partial charge in [-0.15, -0.1) is 5.10 Å². The van der Waals surface area contributed by atoms with Crippen LogP contribution in [0.4, 0.5) is 0 Å². The number of nitrogens with one attached hydrogen (secondary N) is 1. The number of hydrogen-bond acceptors (Lipinski definition) is 5. The van der Waals surface area contributed by atoms with Crippen LogP contribution in [-0.4, -0.2) is 33.6 Å². The lowest BCUT2D eigenvalue weighted by molar-refractivity contribution is -0.138. The molecule has 0 aromatic heterocycles. The van der Waals surface area contributed by atoms with Gasteiger partial charge in [0, 0.05) is 0 Å². The molecule has 1 aliphatic rings. The minimum Gasteiger partial charge on any atom is -0.481 e. The molecule has 0 spiro atoms. The van der Waals surface area contributed by atoms with Gasteiger partial charge in [-0.25, -0.2) is 0 Å². The maximum absolute atomic E-state index is 11.5. The molecule has 1 heterocycles. The van der Waals surface area contributed by atoms with Gasteiger partial charge in [-0.05, 0) is 17.5 Å². The summed E-state index contributed by atoms with van der Waals surface area (Å²) in [5.41, 5.74) is 2.20. The van der Waals surface area contributed by atoms with E-state index in [1.54, 1.807) is 6.21 Å². The van der Waals surface area contributed by atoms with Gasteiger partial charge in [0.2, 0.25) is 5.91 Å². The largest absolute Gasteiger partial charge is 0.481 e. The van der Waals surface area contributed by atoms with Gasteiger partial charge in [0.05, 0.1) is 12.6 Å². The van der Waals surface area contributed by atoms with E-state index in [4.69, 9.17) is 5.11 Å². The van der Waals surface area contributed by atoms with Crippen molar-refractivity contribution in [1.29, 1.82) is 0 Å². The summed E-state index contributed by atoms with van der Waals surface area (Å²) in [6.45, 7) is 2.14. The quantitative estimate of drug-likeness (QED) is 0.620. The Labute approximate surface area is 132 Å². The highest BCUT2D eigenvalue weighted by Crippen LogP contribution is 2.22. The molecule has 1 saturated heterocycles. The number of carboxylic acids is 1. The predicted octanol–water partition coefficient (Wildman–Crippen LogP) is 2.04. The molecule has 0 radical (unpaired) electrons. The number of aryl methyl sites for hydroxylation is 1. The molecule has 2 rings (SSSR count). The summed E-state index contributed by atoms with van der Waals surface area (Å²) in [7, 11) is 0. The van der Waals surface area contributed by atoms with Crippen LogP contribution in [0.25, 0.3) is 0 Å². The lowest BCUT2D eigenvalue weighted by atomic mass is 10.1. The van der Waals surface area contributed by atoms with Gasteiger partial charge in [-0.2, -0.15) is 5.10 Å². The topological polar surface area (TPSA) is 91.1 Å². The molecule has 116 valence electrons. The molecule has 1 fully saturated rings. The first-order valence-corrected chi connectivity index (χ1v) is 7.85. The third kappa shape index (κ3) is 4.70. The summed E-state index contributed by atoms with van der Waals surface area (Å²) in [6, 6.07) is 8.02. The normalized spacial score (nSPS) is 19.8. The van der Waals surface area contributed by atoms with Gasteiger partial charge in [0.1, 0.15) is 5.25 Å². The van der Waals surface area contributed by atoms with E-state index in [2.05, 4.69) is 22.4 Å². The molecule has 1 aromatic rings. The molecule has 1 unspecified atom stereocenters. The average Bonchev–Trinajstić information content (AvgIpc) is 2.81. The Balaban J connectivity index is 1.94. The number of amides is 1. The SMILES string of the molecule is CCCc1ccc(C=NN=C2NC(=O)C(CC(=O)O)S2)cc1. The summed E-state index contributed by atoms with van der Waals surface area (Å²) in [6.07, 6.45) is 3.53. The number of aliphatic carboxylic acids is 1. The molecule has 1 aromatic carbocycles. The average molecular weight is 319 g/mol. The second-order valence-electron chi connectivity index (χ2n) is 4.83. The van der Waals surface area contributed by atoms with Crippen molar-refractivity contribution >= 4 is 35.0 Å². The van der Waals surface area contributed by atoms with Crippen molar-refractivity contribution < 1.29 is 14.7 Å². The lowest BCUT2D eigenvalue weighted by Gasteiger charge is -1.98. The Kier molecular flexibility index (Phi) is 5.71.